The van der Waals surface area contributed by atoms with E-state index < -0.39 is 10.8 Å². The van der Waals surface area contributed by atoms with E-state index in [1.165, 1.54) is 21.3 Å². The molecule has 0 saturated carbocycles. The lowest BCUT2D eigenvalue weighted by atomic mass is 10.2. The van der Waals surface area contributed by atoms with Gasteiger partial charge in [0.15, 0.2) is 11.5 Å². The molecule has 1 atom stereocenters. The minimum atomic E-state index is -1.37. The first-order valence-corrected chi connectivity index (χ1v) is 10.5. The molecule has 0 saturated heterocycles. The summed E-state index contributed by atoms with van der Waals surface area (Å²) in [6, 6.07) is 19.7. The Kier molecular flexibility index (Phi) is 7.08. The number of hydrogen-bond acceptors (Lipinski definition) is 5. The van der Waals surface area contributed by atoms with Crippen LogP contribution in [0.2, 0.25) is 0 Å². The molecule has 0 radical (unpaired) electrons. The van der Waals surface area contributed by atoms with Gasteiger partial charge < -0.3 is 19.5 Å². The van der Waals surface area contributed by atoms with E-state index >= 15 is 0 Å². The summed E-state index contributed by atoms with van der Waals surface area (Å²) >= 11 is 0. The summed E-state index contributed by atoms with van der Waals surface area (Å²) in [6.45, 7) is 0. The fourth-order valence-corrected chi connectivity index (χ4v) is 4.29. The van der Waals surface area contributed by atoms with Gasteiger partial charge in [-0.25, -0.2) is 0 Å². The molecule has 0 spiro atoms. The molecule has 0 aromatic heterocycles. The van der Waals surface area contributed by atoms with Crippen molar-refractivity contribution in [1.82, 2.24) is 0 Å². The molecule has 0 aliphatic carbocycles. The second-order valence-corrected chi connectivity index (χ2v) is 7.76. The van der Waals surface area contributed by atoms with Gasteiger partial charge in [-0.3, -0.25) is 9.00 Å². The van der Waals surface area contributed by atoms with Crippen molar-refractivity contribution < 1.29 is 23.2 Å². The predicted molar refractivity (Wildman–Crippen MR) is 117 cm³/mol. The molecule has 30 heavy (non-hydrogen) atoms. The summed E-state index contributed by atoms with van der Waals surface area (Å²) in [7, 11) is 3.15. The molecule has 0 bridgehead atoms. The van der Waals surface area contributed by atoms with Gasteiger partial charge in [-0.05, 0) is 17.7 Å². The number of carbonyl (C=O) groups is 1. The molecule has 156 valence electrons. The highest BCUT2D eigenvalue weighted by Gasteiger charge is 2.19. The number of ether oxygens (including phenoxy) is 3. The Morgan fingerprint density at radius 3 is 2.07 bits per heavy atom. The van der Waals surface area contributed by atoms with Crippen LogP contribution in [-0.2, 0) is 16.6 Å². The third kappa shape index (κ3) is 4.80. The number of carbonyl (C=O) groups excluding carboxylic acids is 1. The number of hydrogen-bond donors (Lipinski definition) is 1. The van der Waals surface area contributed by atoms with E-state index in [1.54, 1.807) is 36.4 Å². The number of anilines is 1. The molecule has 1 unspecified atom stereocenters. The molecule has 6 nitrogen and oxygen atoms in total. The first-order chi connectivity index (χ1) is 14.6. The third-order valence-electron chi connectivity index (χ3n) is 4.44. The lowest BCUT2D eigenvalue weighted by Crippen LogP contribution is -2.15. The van der Waals surface area contributed by atoms with Crippen molar-refractivity contribution in [3.05, 3.63) is 77.9 Å². The quantitative estimate of drug-likeness (QED) is 0.583. The van der Waals surface area contributed by atoms with Crippen LogP contribution >= 0.6 is 0 Å². The zero-order chi connectivity index (χ0) is 21.5. The van der Waals surface area contributed by atoms with Gasteiger partial charge in [-0.15, -0.1) is 0 Å². The number of methoxy groups -OCH3 is 3. The Hall–Kier alpha value is -3.32. The first kappa shape index (κ1) is 21.4. The number of nitrogens with one attached hydrogen (secondary N) is 1. The minimum Gasteiger partial charge on any atom is -0.493 e. The second kappa shape index (κ2) is 9.93. The predicted octanol–water partition coefficient (Wildman–Crippen LogP) is 4.27. The van der Waals surface area contributed by atoms with E-state index in [0.29, 0.717) is 39.1 Å². The normalized spacial score (nSPS) is 11.4. The van der Waals surface area contributed by atoms with Crippen LogP contribution in [0.4, 0.5) is 5.69 Å². The van der Waals surface area contributed by atoms with Crippen LogP contribution in [0.15, 0.2) is 71.6 Å². The molecule has 0 fully saturated rings. The van der Waals surface area contributed by atoms with E-state index in [1.807, 2.05) is 30.3 Å². The smallest absolute Gasteiger partial charge is 0.256 e. The first-order valence-electron chi connectivity index (χ1n) is 9.20. The van der Waals surface area contributed by atoms with Crippen molar-refractivity contribution in [1.29, 1.82) is 0 Å². The van der Waals surface area contributed by atoms with E-state index in [9.17, 15) is 9.00 Å². The van der Waals surface area contributed by atoms with Crippen molar-refractivity contribution in [2.75, 3.05) is 26.6 Å². The maximum absolute atomic E-state index is 13.0. The molecule has 3 aromatic rings. The van der Waals surface area contributed by atoms with Crippen molar-refractivity contribution in [2.45, 2.75) is 10.6 Å². The summed E-state index contributed by atoms with van der Waals surface area (Å²) in [5, 5.41) is 2.83. The Bertz CT molecular complexity index is 1030. The largest absolute Gasteiger partial charge is 0.493 e. The van der Waals surface area contributed by atoms with Gasteiger partial charge in [0.1, 0.15) is 0 Å². The van der Waals surface area contributed by atoms with Crippen molar-refractivity contribution in [3.8, 4) is 17.2 Å². The highest BCUT2D eigenvalue weighted by Crippen LogP contribution is 2.40. The zero-order valence-corrected chi connectivity index (χ0v) is 17.8. The highest BCUT2D eigenvalue weighted by atomic mass is 32.2. The van der Waals surface area contributed by atoms with Crippen LogP contribution in [0.25, 0.3) is 0 Å². The van der Waals surface area contributed by atoms with Crippen LogP contribution in [0.3, 0.4) is 0 Å². The second-order valence-electron chi connectivity index (χ2n) is 6.34. The topological polar surface area (TPSA) is 73.9 Å². The van der Waals surface area contributed by atoms with Crippen molar-refractivity contribution in [2.24, 2.45) is 0 Å². The molecule has 7 heteroatoms. The van der Waals surface area contributed by atoms with Gasteiger partial charge in [-0.1, -0.05) is 42.5 Å². The van der Waals surface area contributed by atoms with Gasteiger partial charge >= 0.3 is 0 Å². The van der Waals surface area contributed by atoms with Crippen LogP contribution in [0.5, 0.6) is 17.2 Å². The molecule has 0 aliphatic rings. The summed E-state index contributed by atoms with van der Waals surface area (Å²) in [5.41, 5.74) is 1.76. The van der Waals surface area contributed by atoms with E-state index in [0.717, 1.165) is 5.56 Å². The molecular weight excluding hydrogens is 402 g/mol. The molecule has 3 rings (SSSR count). The van der Waals surface area contributed by atoms with Gasteiger partial charge in [0.2, 0.25) is 5.75 Å². The Balaban J connectivity index is 1.87. The maximum Gasteiger partial charge on any atom is 0.256 e. The Morgan fingerprint density at radius 2 is 1.47 bits per heavy atom. The van der Waals surface area contributed by atoms with Crippen LogP contribution in [0.1, 0.15) is 15.9 Å². The monoisotopic (exact) mass is 425 g/mol. The van der Waals surface area contributed by atoms with Crippen molar-refractivity contribution in [3.63, 3.8) is 0 Å². The summed E-state index contributed by atoms with van der Waals surface area (Å²) in [6.07, 6.45) is 0. The molecule has 0 heterocycles. The Labute approximate surface area is 178 Å². The Morgan fingerprint density at radius 1 is 0.867 bits per heavy atom. The van der Waals surface area contributed by atoms with Gasteiger partial charge in [0.25, 0.3) is 5.91 Å². The van der Waals surface area contributed by atoms with E-state index in [-0.39, 0.29) is 5.91 Å². The molecule has 1 N–H and O–H groups in total. The highest BCUT2D eigenvalue weighted by molar-refractivity contribution is 7.84. The van der Waals surface area contributed by atoms with Gasteiger partial charge in [0, 0.05) is 17.8 Å². The lowest BCUT2D eigenvalue weighted by Gasteiger charge is -2.15. The van der Waals surface area contributed by atoms with Crippen LogP contribution < -0.4 is 19.5 Å². The third-order valence-corrected chi connectivity index (χ3v) is 5.88. The summed E-state index contributed by atoms with van der Waals surface area (Å²) in [4.78, 5) is 13.5. The lowest BCUT2D eigenvalue weighted by molar-refractivity contribution is 0.102. The van der Waals surface area contributed by atoms with E-state index in [4.69, 9.17) is 14.2 Å². The van der Waals surface area contributed by atoms with Crippen LogP contribution in [0, 0.1) is 0 Å². The number of amides is 1. The standard InChI is InChI=1S/C23H23NO5S/c1-27-19-13-17(14-20(28-2)22(19)29-3)24-23(25)18-11-7-8-12-21(18)30(26)15-16-9-5-4-6-10-16/h4-14H,15H2,1-3H3,(H,24,25). The molecule has 1 amide bonds. The van der Waals surface area contributed by atoms with Crippen molar-refractivity contribution >= 4 is 22.4 Å². The molecule has 3 aromatic carbocycles. The fourth-order valence-electron chi connectivity index (χ4n) is 3.01. The van der Waals surface area contributed by atoms with Crippen LogP contribution in [-0.4, -0.2) is 31.4 Å². The van der Waals surface area contributed by atoms with E-state index in [2.05, 4.69) is 5.32 Å². The SMILES string of the molecule is COc1cc(NC(=O)c2ccccc2S(=O)Cc2ccccc2)cc(OC)c1OC. The number of rotatable bonds is 8. The average Bonchev–Trinajstić information content (AvgIpc) is 2.78. The zero-order valence-electron chi connectivity index (χ0n) is 17.0. The minimum absolute atomic E-state index is 0.329. The summed E-state index contributed by atoms with van der Waals surface area (Å²) < 4.78 is 28.9. The average molecular weight is 426 g/mol. The van der Waals surface area contributed by atoms with Gasteiger partial charge in [-0.2, -0.15) is 0 Å². The molecular formula is C23H23NO5S. The van der Waals surface area contributed by atoms with Gasteiger partial charge in [0.05, 0.1) is 48.3 Å². The fraction of sp³-hybridized carbons (Fsp3) is 0.174. The summed E-state index contributed by atoms with van der Waals surface area (Å²) in [5.74, 6) is 1.24. The molecule has 0 aliphatic heterocycles. The number of benzene rings is 3. The maximum atomic E-state index is 13.0.